The average molecular weight is 279 g/mol. The Morgan fingerprint density at radius 2 is 2.26 bits per heavy atom. The van der Waals surface area contributed by atoms with Crippen molar-refractivity contribution < 1.29 is 0 Å². The van der Waals surface area contributed by atoms with Crippen LogP contribution < -0.4 is 5.32 Å². The van der Waals surface area contributed by atoms with Crippen molar-refractivity contribution in [1.82, 2.24) is 15.2 Å². The van der Waals surface area contributed by atoms with Crippen molar-refractivity contribution in [2.75, 3.05) is 13.1 Å². The Bertz CT molecular complexity index is 417. The number of hydrogen-bond donors (Lipinski definition) is 1. The van der Waals surface area contributed by atoms with Gasteiger partial charge in [0, 0.05) is 10.9 Å². The lowest BCUT2D eigenvalue weighted by Gasteiger charge is -2.48. The van der Waals surface area contributed by atoms with Crippen LogP contribution in [0.25, 0.3) is 0 Å². The Balaban J connectivity index is 1.75. The Labute approximate surface area is 120 Å². The van der Waals surface area contributed by atoms with E-state index < -0.39 is 0 Å². The van der Waals surface area contributed by atoms with Crippen LogP contribution in [0.2, 0.25) is 0 Å². The van der Waals surface area contributed by atoms with E-state index in [9.17, 15) is 0 Å². The molecule has 1 aromatic rings. The number of likely N-dealkylation sites (N-methyl/N-ethyl adjacent to an activating group) is 1. The minimum Gasteiger partial charge on any atom is -0.302 e. The first-order valence-electron chi connectivity index (χ1n) is 7.73. The van der Waals surface area contributed by atoms with Crippen LogP contribution in [0, 0.1) is 5.92 Å². The van der Waals surface area contributed by atoms with Crippen LogP contribution in [0.3, 0.4) is 0 Å². The van der Waals surface area contributed by atoms with Crippen molar-refractivity contribution in [2.24, 2.45) is 5.92 Å². The van der Waals surface area contributed by atoms with Gasteiger partial charge in [0.25, 0.3) is 0 Å². The Kier molecular flexibility index (Phi) is 4.20. The second kappa shape index (κ2) is 5.90. The molecule has 1 fully saturated rings. The quantitative estimate of drug-likeness (QED) is 0.918. The van der Waals surface area contributed by atoms with Crippen molar-refractivity contribution in [3.63, 3.8) is 0 Å². The second-order valence-corrected chi connectivity index (χ2v) is 6.77. The summed E-state index contributed by atoms with van der Waals surface area (Å²) in [4.78, 5) is 8.80. The molecule has 0 amide bonds. The highest BCUT2D eigenvalue weighted by Gasteiger charge is 2.39. The topological polar surface area (TPSA) is 28.2 Å². The SMILES string of the molecule is CCCNC1CC[C@@H]2Cc3ncsc3C[C@H]2N1CC. The predicted octanol–water partition coefficient (Wildman–Crippen LogP) is 2.67. The highest BCUT2D eigenvalue weighted by molar-refractivity contribution is 7.09. The molecule has 3 nitrogen and oxygen atoms in total. The smallest absolute Gasteiger partial charge is 0.0797 e. The number of nitrogens with zero attached hydrogens (tertiary/aromatic N) is 2. The van der Waals surface area contributed by atoms with Crippen molar-refractivity contribution in [2.45, 2.75) is 58.2 Å². The maximum Gasteiger partial charge on any atom is 0.0797 e. The zero-order valence-corrected chi connectivity index (χ0v) is 12.9. The van der Waals surface area contributed by atoms with Crippen LogP contribution in [0.1, 0.15) is 43.7 Å². The van der Waals surface area contributed by atoms with E-state index in [1.807, 2.05) is 16.8 Å². The number of fused-ring (bicyclic) bond motifs is 2. The molecular weight excluding hydrogens is 254 g/mol. The van der Waals surface area contributed by atoms with Gasteiger partial charge in [0.05, 0.1) is 17.4 Å². The normalized spacial score (nSPS) is 30.9. The molecule has 19 heavy (non-hydrogen) atoms. The summed E-state index contributed by atoms with van der Waals surface area (Å²) in [5.74, 6) is 0.828. The van der Waals surface area contributed by atoms with Gasteiger partial charge in [-0.15, -0.1) is 11.3 Å². The lowest BCUT2D eigenvalue weighted by Crippen LogP contribution is -2.58. The third kappa shape index (κ3) is 2.58. The number of thiazole rings is 1. The van der Waals surface area contributed by atoms with Gasteiger partial charge in [0.15, 0.2) is 0 Å². The first kappa shape index (κ1) is 13.5. The van der Waals surface area contributed by atoms with Crippen molar-refractivity contribution in [1.29, 1.82) is 0 Å². The third-order valence-corrected chi connectivity index (χ3v) is 5.65. The molecule has 1 aliphatic heterocycles. The van der Waals surface area contributed by atoms with Gasteiger partial charge in [-0.1, -0.05) is 13.8 Å². The molecule has 1 N–H and O–H groups in total. The van der Waals surface area contributed by atoms with E-state index in [0.717, 1.165) is 25.0 Å². The summed E-state index contributed by atoms with van der Waals surface area (Å²) in [6, 6.07) is 0.737. The monoisotopic (exact) mass is 279 g/mol. The van der Waals surface area contributed by atoms with Crippen LogP contribution in [0.5, 0.6) is 0 Å². The fraction of sp³-hybridized carbons (Fsp3) is 0.800. The van der Waals surface area contributed by atoms with E-state index in [4.69, 9.17) is 0 Å². The molecular formula is C15H25N3S. The fourth-order valence-corrected chi connectivity index (χ4v) is 4.65. The molecule has 4 heteroatoms. The van der Waals surface area contributed by atoms with E-state index in [1.165, 1.54) is 42.7 Å². The maximum absolute atomic E-state index is 4.55. The Hall–Kier alpha value is -0.450. The van der Waals surface area contributed by atoms with Gasteiger partial charge in [-0.05, 0) is 51.1 Å². The Morgan fingerprint density at radius 3 is 3.05 bits per heavy atom. The molecule has 1 aromatic heterocycles. The van der Waals surface area contributed by atoms with E-state index in [1.54, 1.807) is 0 Å². The predicted molar refractivity (Wildman–Crippen MR) is 80.5 cm³/mol. The summed E-state index contributed by atoms with van der Waals surface area (Å²) in [5.41, 5.74) is 3.42. The van der Waals surface area contributed by atoms with Gasteiger partial charge in [-0.2, -0.15) is 0 Å². The molecule has 3 atom stereocenters. The van der Waals surface area contributed by atoms with Crippen molar-refractivity contribution in [3.05, 3.63) is 16.1 Å². The lowest BCUT2D eigenvalue weighted by atomic mass is 9.78. The summed E-state index contributed by atoms with van der Waals surface area (Å²) < 4.78 is 0. The average Bonchev–Trinajstić information content (AvgIpc) is 2.89. The second-order valence-electron chi connectivity index (χ2n) is 5.84. The lowest BCUT2D eigenvalue weighted by molar-refractivity contribution is 0.0225. The molecule has 1 saturated heterocycles. The Morgan fingerprint density at radius 1 is 1.37 bits per heavy atom. The largest absolute Gasteiger partial charge is 0.302 e. The molecule has 2 heterocycles. The van der Waals surface area contributed by atoms with Gasteiger partial charge >= 0.3 is 0 Å². The summed E-state index contributed by atoms with van der Waals surface area (Å²) >= 11 is 1.85. The number of rotatable bonds is 4. The number of piperidine rings is 1. The van der Waals surface area contributed by atoms with Crippen LogP contribution in [0.15, 0.2) is 5.51 Å². The number of nitrogens with one attached hydrogen (secondary N) is 1. The molecule has 0 saturated carbocycles. The molecule has 0 radical (unpaired) electrons. The van der Waals surface area contributed by atoms with Crippen molar-refractivity contribution in [3.8, 4) is 0 Å². The molecule has 3 rings (SSSR count). The summed E-state index contributed by atoms with van der Waals surface area (Å²) in [6.45, 7) is 6.87. The maximum atomic E-state index is 4.55. The van der Waals surface area contributed by atoms with E-state index in [0.29, 0.717) is 6.17 Å². The summed E-state index contributed by atoms with van der Waals surface area (Å²) in [6.07, 6.45) is 6.92. The minimum atomic E-state index is 0.598. The van der Waals surface area contributed by atoms with Crippen LogP contribution in [0.4, 0.5) is 0 Å². The van der Waals surface area contributed by atoms with Crippen LogP contribution >= 0.6 is 11.3 Å². The highest BCUT2D eigenvalue weighted by atomic mass is 32.1. The third-order valence-electron chi connectivity index (χ3n) is 4.75. The van der Waals surface area contributed by atoms with Crippen LogP contribution in [-0.4, -0.2) is 35.2 Å². The van der Waals surface area contributed by atoms with E-state index >= 15 is 0 Å². The number of aromatic nitrogens is 1. The standard InChI is InChI=1S/C15H25N3S/c1-3-7-16-15-6-5-11-8-12-14(19-10-17-12)9-13(11)18(15)4-2/h10-11,13,15-16H,3-9H2,1-2H3/t11-,13-,15?/m1/s1. The molecule has 0 spiro atoms. The van der Waals surface area contributed by atoms with Gasteiger partial charge < -0.3 is 5.32 Å². The van der Waals surface area contributed by atoms with Gasteiger partial charge in [-0.3, -0.25) is 4.90 Å². The summed E-state index contributed by atoms with van der Waals surface area (Å²) in [7, 11) is 0. The zero-order chi connectivity index (χ0) is 13.2. The summed E-state index contributed by atoms with van der Waals surface area (Å²) in [5, 5.41) is 3.74. The fourth-order valence-electron chi connectivity index (χ4n) is 3.80. The van der Waals surface area contributed by atoms with Crippen LogP contribution in [-0.2, 0) is 12.8 Å². The molecule has 0 bridgehead atoms. The first-order valence-corrected chi connectivity index (χ1v) is 8.61. The molecule has 1 unspecified atom stereocenters. The molecule has 1 aliphatic carbocycles. The molecule has 106 valence electrons. The van der Waals surface area contributed by atoms with Crippen molar-refractivity contribution >= 4 is 11.3 Å². The first-order chi connectivity index (χ1) is 9.33. The molecule has 0 aromatic carbocycles. The number of hydrogen-bond acceptors (Lipinski definition) is 4. The molecule has 2 aliphatic rings. The highest BCUT2D eigenvalue weighted by Crippen LogP contribution is 2.37. The minimum absolute atomic E-state index is 0.598. The van der Waals surface area contributed by atoms with Gasteiger partial charge in [0.1, 0.15) is 0 Å². The number of likely N-dealkylation sites (tertiary alicyclic amines) is 1. The van der Waals surface area contributed by atoms with Gasteiger partial charge in [-0.25, -0.2) is 4.98 Å². The van der Waals surface area contributed by atoms with E-state index in [2.05, 4.69) is 29.0 Å². The van der Waals surface area contributed by atoms with E-state index in [-0.39, 0.29) is 0 Å². The van der Waals surface area contributed by atoms with Gasteiger partial charge in [0.2, 0.25) is 0 Å². The zero-order valence-electron chi connectivity index (χ0n) is 12.1.